The summed E-state index contributed by atoms with van der Waals surface area (Å²) in [6.45, 7) is 3.40. The van der Waals surface area contributed by atoms with E-state index in [9.17, 15) is 9.59 Å². The molecule has 2 heterocycles. The number of anilines is 2. The molecule has 0 radical (unpaired) electrons. The molecule has 0 unspecified atom stereocenters. The van der Waals surface area contributed by atoms with E-state index in [0.717, 1.165) is 11.4 Å². The predicted molar refractivity (Wildman–Crippen MR) is 75.9 cm³/mol. The van der Waals surface area contributed by atoms with Crippen molar-refractivity contribution in [3.63, 3.8) is 0 Å². The Bertz CT molecular complexity index is 605. The lowest BCUT2D eigenvalue weighted by Crippen LogP contribution is -2.09. The van der Waals surface area contributed by atoms with E-state index in [1.165, 1.54) is 29.6 Å². The molecule has 0 aliphatic rings. The Labute approximate surface area is 117 Å². The van der Waals surface area contributed by atoms with Gasteiger partial charge in [-0.1, -0.05) is 18.3 Å². The fourth-order valence-corrected chi connectivity index (χ4v) is 2.83. The highest BCUT2D eigenvalue weighted by molar-refractivity contribution is 7.18. The van der Waals surface area contributed by atoms with Crippen LogP contribution in [0.15, 0.2) is 12.1 Å². The number of carbonyl (C=O) groups excluding carboxylic acids is 2. The van der Waals surface area contributed by atoms with Gasteiger partial charge in [0.15, 0.2) is 0 Å². The standard InChI is InChI=1S/C11H12N4O2S2/c1-3-8-14-15-11(19-8)13-10(17)7-4-5-9(18-7)12-6(2)16/h4-5H,3H2,1-2H3,(H,12,16)(H,13,15,17). The Balaban J connectivity index is 2.03. The molecular formula is C11H12N4O2S2. The quantitative estimate of drug-likeness (QED) is 0.907. The van der Waals surface area contributed by atoms with Gasteiger partial charge in [0.05, 0.1) is 9.88 Å². The molecule has 0 aromatic carbocycles. The highest BCUT2D eigenvalue weighted by Crippen LogP contribution is 2.23. The molecule has 2 amide bonds. The lowest BCUT2D eigenvalue weighted by atomic mass is 10.4. The first-order valence-corrected chi connectivity index (χ1v) is 7.23. The molecule has 2 N–H and O–H groups in total. The van der Waals surface area contributed by atoms with Crippen molar-refractivity contribution >= 4 is 44.6 Å². The average molecular weight is 296 g/mol. The van der Waals surface area contributed by atoms with Gasteiger partial charge in [0.1, 0.15) is 5.01 Å². The number of aromatic nitrogens is 2. The molecule has 8 heteroatoms. The third-order valence-corrected chi connectivity index (χ3v) is 4.10. The number of amides is 2. The number of nitrogens with zero attached hydrogens (tertiary/aromatic N) is 2. The Hall–Kier alpha value is -1.80. The van der Waals surface area contributed by atoms with E-state index in [4.69, 9.17) is 0 Å². The van der Waals surface area contributed by atoms with Crippen LogP contribution in [-0.2, 0) is 11.2 Å². The van der Waals surface area contributed by atoms with Gasteiger partial charge in [-0.3, -0.25) is 14.9 Å². The molecule has 0 atom stereocenters. The summed E-state index contributed by atoms with van der Waals surface area (Å²) in [6, 6.07) is 3.35. The first-order chi connectivity index (χ1) is 9.08. The van der Waals surface area contributed by atoms with Gasteiger partial charge in [0.2, 0.25) is 11.0 Å². The van der Waals surface area contributed by atoms with Crippen LogP contribution in [-0.4, -0.2) is 22.0 Å². The maximum atomic E-state index is 11.9. The molecule has 0 aliphatic carbocycles. The minimum absolute atomic E-state index is 0.162. The molecule has 0 spiro atoms. The molecule has 2 rings (SSSR count). The van der Waals surface area contributed by atoms with Gasteiger partial charge in [-0.25, -0.2) is 0 Å². The lowest BCUT2D eigenvalue weighted by molar-refractivity contribution is -0.114. The van der Waals surface area contributed by atoms with E-state index in [2.05, 4.69) is 20.8 Å². The molecule has 0 bridgehead atoms. The summed E-state index contributed by atoms with van der Waals surface area (Å²) >= 11 is 2.57. The van der Waals surface area contributed by atoms with Crippen molar-refractivity contribution in [2.75, 3.05) is 10.6 Å². The summed E-state index contributed by atoms with van der Waals surface area (Å²) in [5.74, 6) is -0.411. The number of hydrogen-bond donors (Lipinski definition) is 2. The number of aryl methyl sites for hydroxylation is 1. The van der Waals surface area contributed by atoms with Gasteiger partial charge in [0, 0.05) is 6.92 Å². The second-order valence-electron chi connectivity index (χ2n) is 3.65. The number of carbonyl (C=O) groups is 2. The molecule has 6 nitrogen and oxygen atoms in total. The van der Waals surface area contributed by atoms with E-state index >= 15 is 0 Å². The van der Waals surface area contributed by atoms with Gasteiger partial charge in [-0.15, -0.1) is 21.5 Å². The predicted octanol–water partition coefficient (Wildman–Crippen LogP) is 2.37. The van der Waals surface area contributed by atoms with Crippen LogP contribution in [0.4, 0.5) is 10.1 Å². The van der Waals surface area contributed by atoms with Crippen LogP contribution in [0.2, 0.25) is 0 Å². The van der Waals surface area contributed by atoms with Gasteiger partial charge in [-0.05, 0) is 18.6 Å². The monoisotopic (exact) mass is 296 g/mol. The highest BCUT2D eigenvalue weighted by atomic mass is 32.1. The van der Waals surface area contributed by atoms with Crippen LogP contribution in [0.25, 0.3) is 0 Å². The zero-order chi connectivity index (χ0) is 13.8. The van der Waals surface area contributed by atoms with Crippen molar-refractivity contribution in [1.29, 1.82) is 0 Å². The van der Waals surface area contributed by atoms with Gasteiger partial charge in [-0.2, -0.15) is 0 Å². The Kier molecular flexibility index (Phi) is 4.23. The Morgan fingerprint density at radius 3 is 2.63 bits per heavy atom. The summed E-state index contributed by atoms with van der Waals surface area (Å²) in [6.07, 6.45) is 0.791. The molecule has 0 saturated carbocycles. The van der Waals surface area contributed by atoms with Crippen molar-refractivity contribution in [2.24, 2.45) is 0 Å². The van der Waals surface area contributed by atoms with Crippen LogP contribution < -0.4 is 10.6 Å². The van der Waals surface area contributed by atoms with Crippen LogP contribution in [0, 0.1) is 0 Å². The summed E-state index contributed by atoms with van der Waals surface area (Å²) in [5, 5.41) is 15.1. The fraction of sp³-hybridized carbons (Fsp3) is 0.273. The van der Waals surface area contributed by atoms with Gasteiger partial charge in [0.25, 0.3) is 5.91 Å². The number of rotatable bonds is 4. The molecule has 0 fully saturated rings. The largest absolute Gasteiger partial charge is 0.318 e. The number of hydrogen-bond acceptors (Lipinski definition) is 6. The minimum atomic E-state index is -0.250. The summed E-state index contributed by atoms with van der Waals surface area (Å²) in [7, 11) is 0. The summed E-state index contributed by atoms with van der Waals surface area (Å²) in [4.78, 5) is 23.3. The Morgan fingerprint density at radius 2 is 2.00 bits per heavy atom. The van der Waals surface area contributed by atoms with Gasteiger partial charge < -0.3 is 5.32 Å². The van der Waals surface area contributed by atoms with Crippen LogP contribution >= 0.6 is 22.7 Å². The van der Waals surface area contributed by atoms with E-state index in [0.29, 0.717) is 15.0 Å². The van der Waals surface area contributed by atoms with Crippen molar-refractivity contribution < 1.29 is 9.59 Å². The third kappa shape index (κ3) is 3.58. The van der Waals surface area contributed by atoms with Crippen LogP contribution in [0.5, 0.6) is 0 Å². The van der Waals surface area contributed by atoms with Crippen LogP contribution in [0.1, 0.15) is 28.5 Å². The summed E-state index contributed by atoms with van der Waals surface area (Å²) < 4.78 is 0. The number of thiophene rings is 1. The Morgan fingerprint density at radius 1 is 1.21 bits per heavy atom. The van der Waals surface area contributed by atoms with E-state index in [1.807, 2.05) is 6.92 Å². The van der Waals surface area contributed by atoms with Crippen molar-refractivity contribution in [3.05, 3.63) is 22.0 Å². The van der Waals surface area contributed by atoms with Crippen LogP contribution in [0.3, 0.4) is 0 Å². The molecule has 0 aliphatic heterocycles. The van der Waals surface area contributed by atoms with Gasteiger partial charge >= 0.3 is 0 Å². The zero-order valence-electron chi connectivity index (χ0n) is 10.4. The first kappa shape index (κ1) is 13.6. The molecule has 2 aromatic rings. The lowest BCUT2D eigenvalue weighted by Gasteiger charge is -1.97. The smallest absolute Gasteiger partial charge is 0.267 e. The maximum absolute atomic E-state index is 11.9. The molecular weight excluding hydrogens is 284 g/mol. The minimum Gasteiger partial charge on any atom is -0.318 e. The highest BCUT2D eigenvalue weighted by Gasteiger charge is 2.12. The zero-order valence-corrected chi connectivity index (χ0v) is 12.0. The van der Waals surface area contributed by atoms with Crippen molar-refractivity contribution in [2.45, 2.75) is 20.3 Å². The maximum Gasteiger partial charge on any atom is 0.267 e. The van der Waals surface area contributed by atoms with Crippen molar-refractivity contribution in [1.82, 2.24) is 10.2 Å². The SMILES string of the molecule is CCc1nnc(NC(=O)c2ccc(NC(C)=O)s2)s1. The molecule has 0 saturated heterocycles. The second kappa shape index (κ2) is 5.89. The molecule has 2 aromatic heterocycles. The third-order valence-electron chi connectivity index (χ3n) is 2.12. The normalized spacial score (nSPS) is 10.2. The molecule has 100 valence electrons. The average Bonchev–Trinajstić information content (AvgIpc) is 2.97. The first-order valence-electron chi connectivity index (χ1n) is 5.59. The fourth-order valence-electron chi connectivity index (χ4n) is 1.31. The van der Waals surface area contributed by atoms with E-state index < -0.39 is 0 Å². The second-order valence-corrected chi connectivity index (χ2v) is 5.80. The number of nitrogens with one attached hydrogen (secondary N) is 2. The topological polar surface area (TPSA) is 84.0 Å². The van der Waals surface area contributed by atoms with E-state index in [-0.39, 0.29) is 11.8 Å². The van der Waals surface area contributed by atoms with E-state index in [1.54, 1.807) is 12.1 Å². The van der Waals surface area contributed by atoms with Crippen molar-refractivity contribution in [3.8, 4) is 0 Å². The molecule has 19 heavy (non-hydrogen) atoms. The summed E-state index contributed by atoms with van der Waals surface area (Å²) in [5.41, 5.74) is 0.